The molecule has 0 radical (unpaired) electrons. The summed E-state index contributed by atoms with van der Waals surface area (Å²) in [6.45, 7) is 1.20. The van der Waals surface area contributed by atoms with Crippen LogP contribution in [0, 0.1) is 0 Å². The molecule has 2 heterocycles. The molecule has 0 aliphatic carbocycles. The number of nitrogens with zero attached hydrogens (tertiary/aromatic N) is 2. The Bertz CT molecular complexity index is 951. The predicted molar refractivity (Wildman–Crippen MR) is 107 cm³/mol. The van der Waals surface area contributed by atoms with E-state index in [0.717, 1.165) is 16.2 Å². The minimum absolute atomic E-state index is 0.173. The number of anilines is 1. The zero-order valence-corrected chi connectivity index (χ0v) is 16.6. The van der Waals surface area contributed by atoms with Crippen molar-refractivity contribution in [2.45, 2.75) is 11.7 Å². The van der Waals surface area contributed by atoms with Crippen LogP contribution in [0.2, 0.25) is 0 Å². The molecule has 1 N–H and O–H groups in total. The molecule has 0 spiro atoms. The standard InChI is InChI=1S/C18H19N3O4S2/c1-24-9-8-21-14-6-4-3-5-12(14)20-18(21)27-11-15(22)19-13-7-10-26-16(13)17(23)25-2/h3-7,10H,8-9,11H2,1-2H3,(H,19,22). The van der Waals surface area contributed by atoms with Crippen molar-refractivity contribution in [3.8, 4) is 0 Å². The molecule has 0 fully saturated rings. The van der Waals surface area contributed by atoms with E-state index < -0.39 is 5.97 Å². The van der Waals surface area contributed by atoms with Gasteiger partial charge in [0.25, 0.3) is 0 Å². The maximum atomic E-state index is 12.3. The minimum Gasteiger partial charge on any atom is -0.465 e. The molecule has 9 heteroatoms. The molecule has 0 atom stereocenters. The quantitative estimate of drug-likeness (QED) is 0.458. The van der Waals surface area contributed by atoms with Gasteiger partial charge in [-0.2, -0.15) is 0 Å². The fraction of sp³-hybridized carbons (Fsp3) is 0.278. The third-order valence-electron chi connectivity index (χ3n) is 3.78. The summed E-state index contributed by atoms with van der Waals surface area (Å²) in [5.41, 5.74) is 2.34. The van der Waals surface area contributed by atoms with Gasteiger partial charge in [-0.25, -0.2) is 9.78 Å². The van der Waals surface area contributed by atoms with Gasteiger partial charge in [0.05, 0.1) is 36.2 Å². The Morgan fingerprint density at radius 3 is 2.85 bits per heavy atom. The molecule has 1 aromatic carbocycles. The van der Waals surface area contributed by atoms with Crippen molar-refractivity contribution in [2.75, 3.05) is 31.9 Å². The lowest BCUT2D eigenvalue weighted by Gasteiger charge is -2.08. The monoisotopic (exact) mass is 405 g/mol. The van der Waals surface area contributed by atoms with Crippen molar-refractivity contribution in [2.24, 2.45) is 0 Å². The Kier molecular flexibility index (Phi) is 6.49. The van der Waals surface area contributed by atoms with E-state index in [-0.39, 0.29) is 11.7 Å². The van der Waals surface area contributed by atoms with Crippen molar-refractivity contribution >= 4 is 51.7 Å². The van der Waals surface area contributed by atoms with Crippen molar-refractivity contribution in [3.05, 3.63) is 40.6 Å². The van der Waals surface area contributed by atoms with Crippen LogP contribution >= 0.6 is 23.1 Å². The number of carbonyl (C=O) groups excluding carboxylic acids is 2. The van der Waals surface area contributed by atoms with Gasteiger partial charge >= 0.3 is 5.97 Å². The number of esters is 1. The molecule has 0 saturated carbocycles. The van der Waals surface area contributed by atoms with E-state index in [1.807, 2.05) is 28.8 Å². The number of imidazole rings is 1. The Morgan fingerprint density at radius 1 is 1.26 bits per heavy atom. The molecule has 0 unspecified atom stereocenters. The lowest BCUT2D eigenvalue weighted by Crippen LogP contribution is -2.16. The van der Waals surface area contributed by atoms with Gasteiger partial charge in [0.2, 0.25) is 5.91 Å². The number of fused-ring (bicyclic) bond motifs is 1. The summed E-state index contributed by atoms with van der Waals surface area (Å²) in [5, 5.41) is 5.25. The first kappa shape index (κ1) is 19.4. The van der Waals surface area contributed by atoms with E-state index in [4.69, 9.17) is 9.47 Å². The van der Waals surface area contributed by atoms with Gasteiger partial charge in [-0.1, -0.05) is 23.9 Å². The molecule has 0 saturated heterocycles. The van der Waals surface area contributed by atoms with E-state index in [9.17, 15) is 9.59 Å². The summed E-state index contributed by atoms with van der Waals surface area (Å²) < 4.78 is 11.9. The first-order valence-electron chi connectivity index (χ1n) is 8.16. The summed E-state index contributed by atoms with van der Waals surface area (Å²) in [5.74, 6) is -0.504. The van der Waals surface area contributed by atoms with Crippen LogP contribution in [0.25, 0.3) is 11.0 Å². The zero-order chi connectivity index (χ0) is 19.2. The summed E-state index contributed by atoms with van der Waals surface area (Å²) in [4.78, 5) is 29.0. The van der Waals surface area contributed by atoms with Gasteiger partial charge < -0.3 is 19.4 Å². The van der Waals surface area contributed by atoms with Crippen LogP contribution in [0.15, 0.2) is 40.9 Å². The van der Waals surface area contributed by atoms with Crippen LogP contribution in [0.5, 0.6) is 0 Å². The van der Waals surface area contributed by atoms with Crippen molar-refractivity contribution in [3.63, 3.8) is 0 Å². The first-order valence-corrected chi connectivity index (χ1v) is 10.0. The van der Waals surface area contributed by atoms with Gasteiger partial charge in [-0.3, -0.25) is 4.79 Å². The molecule has 2 aromatic heterocycles. The van der Waals surface area contributed by atoms with Gasteiger partial charge in [0.1, 0.15) is 4.88 Å². The highest BCUT2D eigenvalue weighted by molar-refractivity contribution is 7.99. The van der Waals surface area contributed by atoms with E-state index in [2.05, 4.69) is 10.3 Å². The smallest absolute Gasteiger partial charge is 0.350 e. The first-order chi connectivity index (χ1) is 13.1. The fourth-order valence-electron chi connectivity index (χ4n) is 2.54. The number of ether oxygens (including phenoxy) is 2. The molecular weight excluding hydrogens is 386 g/mol. The second-order valence-corrected chi connectivity index (χ2v) is 7.38. The Labute approximate surface area is 164 Å². The largest absolute Gasteiger partial charge is 0.465 e. The van der Waals surface area contributed by atoms with Gasteiger partial charge in [0, 0.05) is 13.7 Å². The number of thioether (sulfide) groups is 1. The summed E-state index contributed by atoms with van der Waals surface area (Å²) in [6, 6.07) is 9.52. The number of hydrogen-bond donors (Lipinski definition) is 1. The molecule has 7 nitrogen and oxygen atoms in total. The lowest BCUT2D eigenvalue weighted by molar-refractivity contribution is -0.113. The predicted octanol–water partition coefficient (Wildman–Crippen LogP) is 3.26. The van der Waals surface area contributed by atoms with Crippen molar-refractivity contribution in [1.29, 1.82) is 0 Å². The number of benzene rings is 1. The highest BCUT2D eigenvalue weighted by atomic mass is 32.2. The number of carbonyl (C=O) groups is 2. The lowest BCUT2D eigenvalue weighted by atomic mass is 10.3. The molecule has 1 amide bonds. The normalized spacial score (nSPS) is 10.9. The molecule has 142 valence electrons. The summed E-state index contributed by atoms with van der Waals surface area (Å²) in [7, 11) is 2.97. The number of rotatable bonds is 8. The Morgan fingerprint density at radius 2 is 2.07 bits per heavy atom. The number of aromatic nitrogens is 2. The minimum atomic E-state index is -0.464. The molecule has 0 aliphatic heterocycles. The summed E-state index contributed by atoms with van der Waals surface area (Å²) >= 11 is 2.57. The van der Waals surface area contributed by atoms with Gasteiger partial charge in [-0.05, 0) is 23.6 Å². The molecule has 3 aromatic rings. The SMILES string of the molecule is COCCn1c(SCC(=O)Nc2ccsc2C(=O)OC)nc2ccccc21. The van der Waals surface area contributed by atoms with Gasteiger partial charge in [0.15, 0.2) is 5.16 Å². The number of amides is 1. The van der Waals surface area contributed by atoms with Gasteiger partial charge in [-0.15, -0.1) is 11.3 Å². The maximum Gasteiger partial charge on any atom is 0.350 e. The number of hydrogen-bond acceptors (Lipinski definition) is 7. The Balaban J connectivity index is 1.70. The molecule has 0 aliphatic rings. The van der Waals surface area contributed by atoms with Crippen LogP contribution in [0.1, 0.15) is 9.67 Å². The topological polar surface area (TPSA) is 82.5 Å². The van der Waals surface area contributed by atoms with E-state index in [0.29, 0.717) is 23.7 Å². The second-order valence-electron chi connectivity index (χ2n) is 5.52. The second kappa shape index (κ2) is 9.03. The van der Waals surface area contributed by atoms with Crippen LogP contribution in [-0.2, 0) is 20.8 Å². The Hall–Kier alpha value is -2.36. The number of methoxy groups -OCH3 is 2. The maximum absolute atomic E-state index is 12.3. The highest BCUT2D eigenvalue weighted by Gasteiger charge is 2.17. The average molecular weight is 406 g/mol. The molecule has 0 bridgehead atoms. The zero-order valence-electron chi connectivity index (χ0n) is 14.9. The summed E-state index contributed by atoms with van der Waals surface area (Å²) in [6.07, 6.45) is 0. The van der Waals surface area contributed by atoms with Crippen LogP contribution in [0.3, 0.4) is 0 Å². The molecular formula is C18H19N3O4S2. The third kappa shape index (κ3) is 4.49. The van der Waals surface area contributed by atoms with Crippen LogP contribution in [0.4, 0.5) is 5.69 Å². The molecule has 3 rings (SSSR count). The van der Waals surface area contributed by atoms with E-state index in [1.165, 1.54) is 30.2 Å². The molecule has 27 heavy (non-hydrogen) atoms. The highest BCUT2D eigenvalue weighted by Crippen LogP contribution is 2.26. The number of nitrogens with one attached hydrogen (secondary N) is 1. The fourth-order valence-corrected chi connectivity index (χ4v) is 4.14. The van der Waals surface area contributed by atoms with E-state index in [1.54, 1.807) is 18.6 Å². The van der Waals surface area contributed by atoms with Crippen molar-refractivity contribution < 1.29 is 19.1 Å². The number of thiophene rings is 1. The van der Waals surface area contributed by atoms with Crippen molar-refractivity contribution in [1.82, 2.24) is 9.55 Å². The number of para-hydroxylation sites is 2. The third-order valence-corrected chi connectivity index (χ3v) is 5.65. The average Bonchev–Trinajstić information content (AvgIpc) is 3.28. The van der Waals surface area contributed by atoms with Crippen LogP contribution < -0.4 is 5.32 Å². The van der Waals surface area contributed by atoms with E-state index >= 15 is 0 Å². The van der Waals surface area contributed by atoms with Crippen LogP contribution in [-0.4, -0.2) is 48.0 Å².